The van der Waals surface area contributed by atoms with Gasteiger partial charge in [-0.25, -0.2) is 0 Å². The highest BCUT2D eigenvalue weighted by atomic mass is 79.9. The van der Waals surface area contributed by atoms with Crippen LogP contribution in [0.25, 0.3) is 0 Å². The van der Waals surface area contributed by atoms with Crippen LogP contribution in [-0.2, 0) is 0 Å². The topological polar surface area (TPSA) is 32.3 Å². The molecule has 1 heterocycles. The van der Waals surface area contributed by atoms with E-state index in [1.54, 1.807) is 0 Å². The molecular formula is C13H17BrN2O. The third-order valence-electron chi connectivity index (χ3n) is 2.95. The molecule has 0 atom stereocenters. The maximum Gasteiger partial charge on any atom is 0.176 e. The summed E-state index contributed by atoms with van der Waals surface area (Å²) in [5, 5.41) is 3.34. The number of Topliss-reactive ketones (excluding diaryl/α,β-unsaturated/α-hetero) is 1. The van der Waals surface area contributed by atoms with Crippen molar-refractivity contribution in [2.24, 2.45) is 0 Å². The van der Waals surface area contributed by atoms with Crippen molar-refractivity contribution in [3.05, 3.63) is 34.3 Å². The highest BCUT2D eigenvalue weighted by molar-refractivity contribution is 9.10. The van der Waals surface area contributed by atoms with Crippen LogP contribution in [0.1, 0.15) is 16.8 Å². The molecule has 0 aliphatic carbocycles. The van der Waals surface area contributed by atoms with E-state index in [4.69, 9.17) is 0 Å². The summed E-state index contributed by atoms with van der Waals surface area (Å²) >= 11 is 3.39. The Kier molecular flexibility index (Phi) is 4.71. The van der Waals surface area contributed by atoms with Crippen LogP contribution in [0.15, 0.2) is 28.7 Å². The molecule has 0 saturated carbocycles. The van der Waals surface area contributed by atoms with Gasteiger partial charge in [-0.15, -0.1) is 0 Å². The van der Waals surface area contributed by atoms with Gasteiger partial charge in [0.1, 0.15) is 0 Å². The Balaban J connectivity index is 1.96. The first-order valence-electron chi connectivity index (χ1n) is 5.97. The molecule has 2 rings (SSSR count). The number of nitrogens with zero attached hydrogens (tertiary/aromatic N) is 1. The molecule has 1 saturated heterocycles. The number of nitrogens with one attached hydrogen (secondary N) is 1. The van der Waals surface area contributed by atoms with Gasteiger partial charge < -0.3 is 5.32 Å². The smallest absolute Gasteiger partial charge is 0.176 e. The molecule has 0 bridgehead atoms. The van der Waals surface area contributed by atoms with Crippen LogP contribution in [-0.4, -0.2) is 43.4 Å². The Hall–Kier alpha value is -0.710. The highest BCUT2D eigenvalue weighted by Crippen LogP contribution is 2.12. The van der Waals surface area contributed by atoms with Crippen molar-refractivity contribution in [1.82, 2.24) is 10.2 Å². The first-order chi connectivity index (χ1) is 8.25. The zero-order valence-corrected chi connectivity index (χ0v) is 11.4. The molecule has 1 N–H and O–H groups in total. The maximum atomic E-state index is 12.1. The second-order valence-electron chi connectivity index (χ2n) is 4.31. The minimum Gasteiger partial charge on any atom is -0.315 e. The van der Waals surface area contributed by atoms with E-state index in [9.17, 15) is 4.79 Å². The number of halogens is 1. The monoisotopic (exact) mass is 296 g/mol. The van der Waals surface area contributed by atoms with Crippen LogP contribution in [0.3, 0.4) is 0 Å². The van der Waals surface area contributed by atoms with Crippen molar-refractivity contribution in [3.8, 4) is 0 Å². The lowest BCUT2D eigenvalue weighted by Crippen LogP contribution is -2.33. The van der Waals surface area contributed by atoms with Gasteiger partial charge in [0.05, 0.1) is 6.54 Å². The molecule has 0 spiro atoms. The zero-order valence-electron chi connectivity index (χ0n) is 9.79. The Morgan fingerprint density at radius 2 is 2.24 bits per heavy atom. The van der Waals surface area contributed by atoms with E-state index in [1.807, 2.05) is 24.3 Å². The van der Waals surface area contributed by atoms with E-state index >= 15 is 0 Å². The van der Waals surface area contributed by atoms with Gasteiger partial charge in [0.25, 0.3) is 0 Å². The predicted molar refractivity (Wildman–Crippen MR) is 72.4 cm³/mol. The van der Waals surface area contributed by atoms with Gasteiger partial charge in [0.2, 0.25) is 0 Å². The van der Waals surface area contributed by atoms with Crippen LogP contribution >= 0.6 is 15.9 Å². The van der Waals surface area contributed by atoms with Crippen LogP contribution in [0.5, 0.6) is 0 Å². The van der Waals surface area contributed by atoms with Crippen LogP contribution in [0.4, 0.5) is 0 Å². The number of rotatable bonds is 3. The number of carbonyl (C=O) groups is 1. The summed E-state index contributed by atoms with van der Waals surface area (Å²) in [6, 6.07) is 7.61. The van der Waals surface area contributed by atoms with Gasteiger partial charge in [-0.1, -0.05) is 28.1 Å². The molecular weight excluding hydrogens is 280 g/mol. The summed E-state index contributed by atoms with van der Waals surface area (Å²) in [5.74, 6) is 0.202. The van der Waals surface area contributed by atoms with Gasteiger partial charge in [0, 0.05) is 23.1 Å². The fourth-order valence-electron chi connectivity index (χ4n) is 2.02. The molecule has 4 heteroatoms. The minimum atomic E-state index is 0.202. The number of carbonyl (C=O) groups excluding carboxylic acids is 1. The van der Waals surface area contributed by atoms with Crippen molar-refractivity contribution in [2.75, 3.05) is 32.7 Å². The van der Waals surface area contributed by atoms with Gasteiger partial charge in [-0.2, -0.15) is 0 Å². The summed E-state index contributed by atoms with van der Waals surface area (Å²) in [7, 11) is 0. The molecule has 17 heavy (non-hydrogen) atoms. The van der Waals surface area contributed by atoms with Crippen molar-refractivity contribution >= 4 is 21.7 Å². The number of hydrogen-bond donors (Lipinski definition) is 1. The molecule has 1 aliphatic rings. The lowest BCUT2D eigenvalue weighted by Gasteiger charge is -2.18. The molecule has 1 aliphatic heterocycles. The quantitative estimate of drug-likeness (QED) is 0.865. The zero-order chi connectivity index (χ0) is 12.1. The standard InChI is InChI=1S/C13H17BrN2O/c14-12-4-1-3-11(9-12)13(17)10-16-7-2-5-15-6-8-16/h1,3-4,9,15H,2,5-8,10H2. The largest absolute Gasteiger partial charge is 0.315 e. The molecule has 1 aromatic rings. The molecule has 92 valence electrons. The molecule has 0 amide bonds. The molecule has 0 unspecified atom stereocenters. The Morgan fingerprint density at radius 3 is 3.06 bits per heavy atom. The first kappa shape index (κ1) is 12.7. The van der Waals surface area contributed by atoms with Gasteiger partial charge in [-0.05, 0) is 31.6 Å². The fourth-order valence-corrected chi connectivity index (χ4v) is 2.42. The Morgan fingerprint density at radius 1 is 1.35 bits per heavy atom. The Bertz CT molecular complexity index is 387. The molecule has 3 nitrogen and oxygen atoms in total. The number of benzene rings is 1. The van der Waals surface area contributed by atoms with Crippen molar-refractivity contribution in [3.63, 3.8) is 0 Å². The van der Waals surface area contributed by atoms with Crippen molar-refractivity contribution in [2.45, 2.75) is 6.42 Å². The average Bonchev–Trinajstić information content (AvgIpc) is 2.57. The average molecular weight is 297 g/mol. The third kappa shape index (κ3) is 3.91. The van der Waals surface area contributed by atoms with Crippen LogP contribution in [0.2, 0.25) is 0 Å². The predicted octanol–water partition coefficient (Wildman–Crippen LogP) is 1.93. The van der Waals surface area contributed by atoms with Gasteiger partial charge >= 0.3 is 0 Å². The van der Waals surface area contributed by atoms with Crippen LogP contribution < -0.4 is 5.32 Å². The van der Waals surface area contributed by atoms with Crippen LogP contribution in [0, 0.1) is 0 Å². The maximum absolute atomic E-state index is 12.1. The van der Waals surface area contributed by atoms with E-state index in [0.717, 1.165) is 42.6 Å². The van der Waals surface area contributed by atoms with E-state index in [0.29, 0.717) is 6.54 Å². The Labute approximate surface area is 110 Å². The number of hydrogen-bond acceptors (Lipinski definition) is 3. The summed E-state index contributed by atoms with van der Waals surface area (Å²) in [5.41, 5.74) is 0.789. The normalized spacial score (nSPS) is 17.7. The van der Waals surface area contributed by atoms with Gasteiger partial charge in [0.15, 0.2) is 5.78 Å². The van der Waals surface area contributed by atoms with E-state index in [1.165, 1.54) is 0 Å². The number of ketones is 1. The lowest BCUT2D eigenvalue weighted by molar-refractivity contribution is 0.0935. The second kappa shape index (κ2) is 6.28. The SMILES string of the molecule is O=C(CN1CCCNCC1)c1cccc(Br)c1. The fraction of sp³-hybridized carbons (Fsp3) is 0.462. The first-order valence-corrected chi connectivity index (χ1v) is 6.77. The highest BCUT2D eigenvalue weighted by Gasteiger charge is 2.14. The minimum absolute atomic E-state index is 0.202. The van der Waals surface area contributed by atoms with Crippen molar-refractivity contribution in [1.29, 1.82) is 0 Å². The lowest BCUT2D eigenvalue weighted by atomic mass is 10.1. The molecule has 0 aromatic heterocycles. The second-order valence-corrected chi connectivity index (χ2v) is 5.23. The van der Waals surface area contributed by atoms with E-state index in [-0.39, 0.29) is 5.78 Å². The molecule has 1 aromatic carbocycles. The molecule has 0 radical (unpaired) electrons. The summed E-state index contributed by atoms with van der Waals surface area (Å²) in [6.45, 7) is 4.53. The van der Waals surface area contributed by atoms with Gasteiger partial charge in [-0.3, -0.25) is 9.69 Å². The summed E-state index contributed by atoms with van der Waals surface area (Å²) in [6.07, 6.45) is 1.12. The van der Waals surface area contributed by atoms with E-state index < -0.39 is 0 Å². The third-order valence-corrected chi connectivity index (χ3v) is 3.44. The summed E-state index contributed by atoms with van der Waals surface area (Å²) < 4.78 is 0.959. The van der Waals surface area contributed by atoms with Crippen molar-refractivity contribution < 1.29 is 4.79 Å². The van der Waals surface area contributed by atoms with E-state index in [2.05, 4.69) is 26.1 Å². The molecule has 1 fully saturated rings. The summed E-state index contributed by atoms with van der Waals surface area (Å²) in [4.78, 5) is 14.3.